The molecule has 0 amide bonds. The van der Waals surface area contributed by atoms with Crippen LogP contribution in [-0.2, 0) is 0 Å². The van der Waals surface area contributed by atoms with Crippen LogP contribution in [0.2, 0.25) is 0 Å². The third kappa shape index (κ3) is 2.92. The summed E-state index contributed by atoms with van der Waals surface area (Å²) < 4.78 is 5.20. The van der Waals surface area contributed by atoms with Gasteiger partial charge in [0.2, 0.25) is 0 Å². The Morgan fingerprint density at radius 1 is 0.857 bits per heavy atom. The van der Waals surface area contributed by atoms with Gasteiger partial charge in [-0.15, -0.1) is 0 Å². The zero-order chi connectivity index (χ0) is 14.7. The Balaban J connectivity index is 2.05. The van der Waals surface area contributed by atoms with Gasteiger partial charge in [-0.2, -0.15) is 0 Å². The van der Waals surface area contributed by atoms with Crippen LogP contribution in [0.25, 0.3) is 22.5 Å². The lowest BCUT2D eigenvalue weighted by molar-refractivity contribution is 0.415. The second kappa shape index (κ2) is 5.75. The molecule has 0 saturated carbocycles. The molecule has 0 saturated heterocycles. The number of nitrogens with zero attached hydrogens (tertiary/aromatic N) is 2. The molecule has 0 N–H and O–H groups in total. The summed E-state index contributed by atoms with van der Waals surface area (Å²) in [5, 5.41) is 0. The Morgan fingerprint density at radius 3 is 2.33 bits per heavy atom. The number of aryl methyl sites for hydroxylation is 1. The Morgan fingerprint density at radius 2 is 1.67 bits per heavy atom. The standard InChI is InChI=1S/C18H16N2O/c1-13-11-15(14-6-8-16(21-2)9-7-14)12-18(20-13)17-5-3-4-10-19-17/h3-12H,1-2H3. The van der Waals surface area contributed by atoms with Crippen molar-refractivity contribution in [3.63, 3.8) is 0 Å². The highest BCUT2D eigenvalue weighted by Crippen LogP contribution is 2.26. The number of benzene rings is 1. The van der Waals surface area contributed by atoms with Gasteiger partial charge in [0.05, 0.1) is 18.5 Å². The maximum Gasteiger partial charge on any atom is 0.118 e. The average molecular weight is 276 g/mol. The first kappa shape index (κ1) is 13.3. The van der Waals surface area contributed by atoms with Crippen molar-refractivity contribution in [3.8, 4) is 28.3 Å². The first-order valence-corrected chi connectivity index (χ1v) is 6.81. The van der Waals surface area contributed by atoms with E-state index in [0.717, 1.165) is 34.0 Å². The van der Waals surface area contributed by atoms with Crippen molar-refractivity contribution in [2.75, 3.05) is 7.11 Å². The summed E-state index contributed by atoms with van der Waals surface area (Å²) in [6.07, 6.45) is 1.78. The number of hydrogen-bond donors (Lipinski definition) is 0. The highest BCUT2D eigenvalue weighted by atomic mass is 16.5. The minimum Gasteiger partial charge on any atom is -0.497 e. The summed E-state index contributed by atoms with van der Waals surface area (Å²) in [5.41, 5.74) is 5.02. The Hall–Kier alpha value is -2.68. The summed E-state index contributed by atoms with van der Waals surface area (Å²) >= 11 is 0. The van der Waals surface area contributed by atoms with Gasteiger partial charge in [-0.25, -0.2) is 0 Å². The van der Waals surface area contributed by atoms with E-state index in [1.807, 2.05) is 37.3 Å². The van der Waals surface area contributed by atoms with E-state index in [9.17, 15) is 0 Å². The molecular weight excluding hydrogens is 260 g/mol. The summed E-state index contributed by atoms with van der Waals surface area (Å²) in [6, 6.07) is 18.0. The number of methoxy groups -OCH3 is 1. The molecule has 1 aromatic carbocycles. The molecule has 3 aromatic rings. The van der Waals surface area contributed by atoms with Crippen LogP contribution in [-0.4, -0.2) is 17.1 Å². The van der Waals surface area contributed by atoms with Gasteiger partial charge in [-0.1, -0.05) is 18.2 Å². The molecule has 0 aliphatic heterocycles. The fourth-order valence-electron chi connectivity index (χ4n) is 2.26. The van der Waals surface area contributed by atoms with E-state index in [4.69, 9.17) is 4.74 Å². The smallest absolute Gasteiger partial charge is 0.118 e. The van der Waals surface area contributed by atoms with E-state index >= 15 is 0 Å². The van der Waals surface area contributed by atoms with Crippen LogP contribution in [0.5, 0.6) is 5.75 Å². The molecule has 21 heavy (non-hydrogen) atoms. The summed E-state index contributed by atoms with van der Waals surface area (Å²) in [7, 11) is 1.67. The molecule has 3 heteroatoms. The van der Waals surface area contributed by atoms with E-state index in [0.29, 0.717) is 0 Å². The van der Waals surface area contributed by atoms with Gasteiger partial charge in [0.1, 0.15) is 5.75 Å². The number of aromatic nitrogens is 2. The minimum atomic E-state index is 0.856. The molecule has 2 aromatic heterocycles. The van der Waals surface area contributed by atoms with Crippen LogP contribution in [0.1, 0.15) is 5.69 Å². The molecule has 0 bridgehead atoms. The van der Waals surface area contributed by atoms with E-state index < -0.39 is 0 Å². The van der Waals surface area contributed by atoms with Crippen LogP contribution in [0, 0.1) is 6.92 Å². The van der Waals surface area contributed by atoms with Crippen molar-refractivity contribution in [1.82, 2.24) is 9.97 Å². The topological polar surface area (TPSA) is 35.0 Å². The third-order valence-corrected chi connectivity index (χ3v) is 3.30. The van der Waals surface area contributed by atoms with Crippen molar-refractivity contribution in [3.05, 3.63) is 66.5 Å². The van der Waals surface area contributed by atoms with Gasteiger partial charge in [0.25, 0.3) is 0 Å². The zero-order valence-corrected chi connectivity index (χ0v) is 12.1. The Kier molecular flexibility index (Phi) is 3.65. The molecule has 0 aliphatic rings. The van der Waals surface area contributed by atoms with Crippen LogP contribution >= 0.6 is 0 Å². The van der Waals surface area contributed by atoms with E-state index in [1.54, 1.807) is 13.3 Å². The molecule has 2 heterocycles. The molecule has 3 nitrogen and oxygen atoms in total. The van der Waals surface area contributed by atoms with Crippen LogP contribution in [0.15, 0.2) is 60.8 Å². The first-order valence-electron chi connectivity index (χ1n) is 6.81. The highest BCUT2D eigenvalue weighted by Gasteiger charge is 2.06. The average Bonchev–Trinajstić information content (AvgIpc) is 2.55. The fraction of sp³-hybridized carbons (Fsp3) is 0.111. The van der Waals surface area contributed by atoms with Crippen molar-refractivity contribution < 1.29 is 4.74 Å². The van der Waals surface area contributed by atoms with Gasteiger partial charge < -0.3 is 4.74 Å². The second-order valence-corrected chi connectivity index (χ2v) is 4.83. The lowest BCUT2D eigenvalue weighted by Gasteiger charge is -2.08. The predicted molar refractivity (Wildman–Crippen MR) is 84.2 cm³/mol. The molecule has 0 spiro atoms. The number of ether oxygens (including phenoxy) is 1. The molecule has 0 atom stereocenters. The molecular formula is C18H16N2O. The first-order chi connectivity index (χ1) is 10.3. The number of hydrogen-bond acceptors (Lipinski definition) is 3. The fourth-order valence-corrected chi connectivity index (χ4v) is 2.26. The van der Waals surface area contributed by atoms with Crippen molar-refractivity contribution in [2.24, 2.45) is 0 Å². The van der Waals surface area contributed by atoms with Gasteiger partial charge >= 0.3 is 0 Å². The van der Waals surface area contributed by atoms with E-state index in [2.05, 4.69) is 34.2 Å². The zero-order valence-electron chi connectivity index (χ0n) is 12.1. The molecule has 3 rings (SSSR count). The Bertz CT molecular complexity index is 737. The van der Waals surface area contributed by atoms with E-state index in [1.165, 1.54) is 0 Å². The van der Waals surface area contributed by atoms with Crippen LogP contribution in [0.4, 0.5) is 0 Å². The molecule has 0 fully saturated rings. The van der Waals surface area contributed by atoms with Crippen LogP contribution in [0.3, 0.4) is 0 Å². The van der Waals surface area contributed by atoms with Crippen molar-refractivity contribution >= 4 is 0 Å². The quantitative estimate of drug-likeness (QED) is 0.721. The maximum atomic E-state index is 5.20. The summed E-state index contributed by atoms with van der Waals surface area (Å²) in [5.74, 6) is 0.856. The lowest BCUT2D eigenvalue weighted by Crippen LogP contribution is -1.91. The number of pyridine rings is 2. The monoisotopic (exact) mass is 276 g/mol. The predicted octanol–water partition coefficient (Wildman–Crippen LogP) is 4.13. The highest BCUT2D eigenvalue weighted by molar-refractivity contribution is 5.70. The van der Waals surface area contributed by atoms with Gasteiger partial charge in [-0.3, -0.25) is 9.97 Å². The molecule has 0 radical (unpaired) electrons. The SMILES string of the molecule is COc1ccc(-c2cc(C)nc(-c3ccccn3)c2)cc1. The maximum absolute atomic E-state index is 5.20. The summed E-state index contributed by atoms with van der Waals surface area (Å²) in [4.78, 5) is 8.95. The largest absolute Gasteiger partial charge is 0.497 e. The van der Waals surface area contributed by atoms with Gasteiger partial charge in [0, 0.05) is 11.9 Å². The molecule has 0 unspecified atom stereocenters. The third-order valence-electron chi connectivity index (χ3n) is 3.30. The van der Waals surface area contributed by atoms with Gasteiger partial charge in [0.15, 0.2) is 0 Å². The molecule has 0 aliphatic carbocycles. The minimum absolute atomic E-state index is 0.856. The number of rotatable bonds is 3. The summed E-state index contributed by atoms with van der Waals surface area (Å²) in [6.45, 7) is 2.00. The Labute approximate surface area is 124 Å². The molecule has 104 valence electrons. The van der Waals surface area contributed by atoms with Crippen LogP contribution < -0.4 is 4.74 Å². The van der Waals surface area contributed by atoms with E-state index in [-0.39, 0.29) is 0 Å². The normalized spacial score (nSPS) is 10.4. The second-order valence-electron chi connectivity index (χ2n) is 4.83. The van der Waals surface area contributed by atoms with Crippen molar-refractivity contribution in [2.45, 2.75) is 6.92 Å². The van der Waals surface area contributed by atoms with Crippen molar-refractivity contribution in [1.29, 1.82) is 0 Å². The van der Waals surface area contributed by atoms with Gasteiger partial charge in [-0.05, 0) is 54.4 Å². The lowest BCUT2D eigenvalue weighted by atomic mass is 10.0.